The largest absolute Gasteiger partial charge is 0.494 e. The summed E-state index contributed by atoms with van der Waals surface area (Å²) in [5.74, 6) is 0.921. The Morgan fingerprint density at radius 2 is 1.76 bits per heavy atom. The van der Waals surface area contributed by atoms with E-state index in [0.717, 1.165) is 5.75 Å². The van der Waals surface area contributed by atoms with Crippen molar-refractivity contribution in [3.63, 3.8) is 0 Å². The predicted octanol–water partition coefficient (Wildman–Crippen LogP) is 2.53. The van der Waals surface area contributed by atoms with Gasteiger partial charge >= 0.3 is 0 Å². The zero-order valence-corrected chi connectivity index (χ0v) is 19.1. The number of ether oxygens (including phenoxy) is 1. The lowest BCUT2D eigenvalue weighted by Gasteiger charge is -2.32. The number of benzene rings is 1. The normalized spacial score (nSPS) is 16.3. The summed E-state index contributed by atoms with van der Waals surface area (Å²) >= 11 is 0. The lowest BCUT2D eigenvalue weighted by atomic mass is 9.87. The Kier molecular flexibility index (Phi) is 8.08. The molecule has 1 fully saturated rings. The summed E-state index contributed by atoms with van der Waals surface area (Å²) in [6.45, 7) is 8.18. The number of amides is 1. The van der Waals surface area contributed by atoms with Crippen LogP contribution >= 0.6 is 0 Å². The van der Waals surface area contributed by atoms with Gasteiger partial charge in [0.25, 0.3) is 10.2 Å². The van der Waals surface area contributed by atoms with Crippen molar-refractivity contribution in [1.82, 2.24) is 13.9 Å². The van der Waals surface area contributed by atoms with Gasteiger partial charge in [-0.3, -0.25) is 4.79 Å². The van der Waals surface area contributed by atoms with Gasteiger partial charge in [-0.15, -0.1) is 0 Å². The Morgan fingerprint density at radius 1 is 1.17 bits per heavy atom. The number of rotatable bonds is 8. The van der Waals surface area contributed by atoms with Crippen molar-refractivity contribution in [3.05, 3.63) is 29.8 Å². The average molecular weight is 426 g/mol. The van der Waals surface area contributed by atoms with Crippen LogP contribution in [0.1, 0.15) is 52.0 Å². The first kappa shape index (κ1) is 23.6. The SMILES string of the molecule is CN(C)S(=O)(=O)NC1CCN(C(=O)CCCOc2ccc(C(C)(C)C)cc2)CC1. The molecule has 1 aromatic carbocycles. The van der Waals surface area contributed by atoms with Crippen LogP contribution in [-0.4, -0.2) is 63.4 Å². The van der Waals surface area contributed by atoms with Gasteiger partial charge in [0.15, 0.2) is 0 Å². The smallest absolute Gasteiger partial charge is 0.279 e. The molecule has 1 aliphatic rings. The van der Waals surface area contributed by atoms with Gasteiger partial charge in [0.1, 0.15) is 5.75 Å². The molecule has 0 atom stereocenters. The number of hydrogen-bond acceptors (Lipinski definition) is 4. The second-order valence-electron chi connectivity index (χ2n) is 8.79. The minimum absolute atomic E-state index is 0.102. The summed E-state index contributed by atoms with van der Waals surface area (Å²) in [7, 11) is -0.423. The Bertz CT molecular complexity index is 762. The van der Waals surface area contributed by atoms with Crippen LogP contribution in [0.5, 0.6) is 5.75 Å². The fourth-order valence-electron chi connectivity index (χ4n) is 3.19. The lowest BCUT2D eigenvalue weighted by Crippen LogP contribution is -2.49. The molecule has 1 N–H and O–H groups in total. The molecule has 0 unspecified atom stereocenters. The van der Waals surface area contributed by atoms with E-state index < -0.39 is 10.2 Å². The minimum atomic E-state index is -3.43. The standard InChI is InChI=1S/C21H35N3O4S/c1-21(2,3)17-8-10-19(11-9-17)28-16-6-7-20(25)24-14-12-18(13-15-24)22-29(26,27)23(4)5/h8-11,18,22H,6-7,12-16H2,1-5H3. The number of likely N-dealkylation sites (tertiary alicyclic amines) is 1. The Labute approximate surface area is 175 Å². The average Bonchev–Trinajstić information content (AvgIpc) is 2.65. The number of piperidine rings is 1. The van der Waals surface area contributed by atoms with Crippen LogP contribution in [-0.2, 0) is 20.4 Å². The van der Waals surface area contributed by atoms with Crippen molar-refractivity contribution in [2.45, 2.75) is 57.9 Å². The topological polar surface area (TPSA) is 79.0 Å². The summed E-state index contributed by atoms with van der Waals surface area (Å²) in [5, 5.41) is 0. The molecule has 0 aromatic heterocycles. The highest BCUT2D eigenvalue weighted by atomic mass is 32.2. The van der Waals surface area contributed by atoms with Crippen molar-refractivity contribution in [2.75, 3.05) is 33.8 Å². The zero-order valence-electron chi connectivity index (χ0n) is 18.3. The molecule has 0 aliphatic carbocycles. The number of hydrogen-bond donors (Lipinski definition) is 1. The van der Waals surface area contributed by atoms with Gasteiger partial charge in [-0.2, -0.15) is 17.4 Å². The summed E-state index contributed by atoms with van der Waals surface area (Å²) < 4.78 is 33.4. The fraction of sp³-hybridized carbons (Fsp3) is 0.667. The second-order valence-corrected chi connectivity index (χ2v) is 10.7. The van der Waals surface area contributed by atoms with Crippen molar-refractivity contribution >= 4 is 16.1 Å². The number of nitrogens with zero attached hydrogens (tertiary/aromatic N) is 2. The molecule has 1 amide bonds. The van der Waals surface area contributed by atoms with E-state index in [4.69, 9.17) is 4.74 Å². The van der Waals surface area contributed by atoms with E-state index in [1.165, 1.54) is 24.0 Å². The van der Waals surface area contributed by atoms with E-state index >= 15 is 0 Å². The van der Waals surface area contributed by atoms with Gasteiger partial charge in [0.05, 0.1) is 6.61 Å². The van der Waals surface area contributed by atoms with E-state index in [1.807, 2.05) is 17.0 Å². The third kappa shape index (κ3) is 7.28. The molecule has 1 heterocycles. The van der Waals surface area contributed by atoms with Crippen molar-refractivity contribution in [2.24, 2.45) is 0 Å². The van der Waals surface area contributed by atoms with Gasteiger partial charge < -0.3 is 9.64 Å². The Balaban J connectivity index is 1.68. The summed E-state index contributed by atoms with van der Waals surface area (Å²) in [4.78, 5) is 14.2. The van der Waals surface area contributed by atoms with Gasteiger partial charge in [0.2, 0.25) is 5.91 Å². The molecule has 1 aromatic rings. The van der Waals surface area contributed by atoms with Crippen LogP contribution in [0.4, 0.5) is 0 Å². The first-order valence-corrected chi connectivity index (χ1v) is 11.6. The molecular weight excluding hydrogens is 390 g/mol. The molecule has 8 heteroatoms. The van der Waals surface area contributed by atoms with Crippen LogP contribution in [0.3, 0.4) is 0 Å². The van der Waals surface area contributed by atoms with Crippen LogP contribution in [0.25, 0.3) is 0 Å². The van der Waals surface area contributed by atoms with Gasteiger partial charge in [-0.1, -0.05) is 32.9 Å². The molecular formula is C21H35N3O4S. The predicted molar refractivity (Wildman–Crippen MR) is 115 cm³/mol. The molecule has 0 radical (unpaired) electrons. The summed E-state index contributed by atoms with van der Waals surface area (Å²) in [6, 6.07) is 7.99. The molecule has 0 bridgehead atoms. The highest BCUT2D eigenvalue weighted by Crippen LogP contribution is 2.24. The van der Waals surface area contributed by atoms with Crippen LogP contribution < -0.4 is 9.46 Å². The third-order valence-electron chi connectivity index (χ3n) is 5.17. The third-order valence-corrected chi connectivity index (χ3v) is 6.76. The molecule has 0 spiro atoms. The van der Waals surface area contributed by atoms with Gasteiger partial charge in [-0.05, 0) is 42.4 Å². The van der Waals surface area contributed by atoms with E-state index in [0.29, 0.717) is 45.4 Å². The fourth-order valence-corrected chi connectivity index (χ4v) is 4.05. The van der Waals surface area contributed by atoms with E-state index in [1.54, 1.807) is 0 Å². The molecule has 1 saturated heterocycles. The van der Waals surface area contributed by atoms with E-state index in [-0.39, 0.29) is 17.4 Å². The maximum atomic E-state index is 12.4. The highest BCUT2D eigenvalue weighted by molar-refractivity contribution is 7.87. The highest BCUT2D eigenvalue weighted by Gasteiger charge is 2.26. The monoisotopic (exact) mass is 425 g/mol. The number of nitrogens with one attached hydrogen (secondary N) is 1. The first-order chi connectivity index (χ1) is 13.5. The lowest BCUT2D eigenvalue weighted by molar-refractivity contribution is -0.132. The molecule has 164 valence electrons. The first-order valence-electron chi connectivity index (χ1n) is 10.2. The molecule has 29 heavy (non-hydrogen) atoms. The summed E-state index contributed by atoms with van der Waals surface area (Å²) in [6.07, 6.45) is 2.37. The Hall–Kier alpha value is -1.64. The van der Waals surface area contributed by atoms with Gasteiger partial charge in [0, 0.05) is 39.6 Å². The maximum absolute atomic E-state index is 12.4. The van der Waals surface area contributed by atoms with Crippen molar-refractivity contribution in [3.8, 4) is 5.75 Å². The van der Waals surface area contributed by atoms with Crippen molar-refractivity contribution < 1.29 is 17.9 Å². The molecule has 2 rings (SSSR count). The molecule has 0 saturated carbocycles. The minimum Gasteiger partial charge on any atom is -0.494 e. The van der Waals surface area contributed by atoms with E-state index in [9.17, 15) is 13.2 Å². The molecule has 7 nitrogen and oxygen atoms in total. The zero-order chi connectivity index (χ0) is 21.7. The van der Waals surface area contributed by atoms with Crippen LogP contribution in [0, 0.1) is 0 Å². The summed E-state index contributed by atoms with van der Waals surface area (Å²) in [5.41, 5.74) is 1.38. The van der Waals surface area contributed by atoms with Crippen LogP contribution in [0.2, 0.25) is 0 Å². The quantitative estimate of drug-likeness (QED) is 0.649. The Morgan fingerprint density at radius 3 is 2.28 bits per heavy atom. The van der Waals surface area contributed by atoms with E-state index in [2.05, 4.69) is 37.6 Å². The second kappa shape index (κ2) is 9.91. The number of carbonyl (C=O) groups excluding carboxylic acids is 1. The van der Waals surface area contributed by atoms with Crippen molar-refractivity contribution in [1.29, 1.82) is 0 Å². The molecule has 1 aliphatic heterocycles. The number of carbonyl (C=O) groups is 1. The van der Waals surface area contributed by atoms with Crippen LogP contribution in [0.15, 0.2) is 24.3 Å². The maximum Gasteiger partial charge on any atom is 0.279 e. The van der Waals surface area contributed by atoms with Gasteiger partial charge in [-0.25, -0.2) is 0 Å².